The van der Waals surface area contributed by atoms with E-state index in [9.17, 15) is 13.2 Å². The minimum absolute atomic E-state index is 0.0935. The number of hydrogen-bond donors (Lipinski definition) is 1. The molecule has 0 saturated heterocycles. The van der Waals surface area contributed by atoms with Crippen LogP contribution in [0.1, 0.15) is 11.1 Å². The molecule has 0 saturated carbocycles. The van der Waals surface area contributed by atoms with Gasteiger partial charge in [-0.2, -0.15) is 13.2 Å². The maximum atomic E-state index is 12.1. The topological polar surface area (TPSA) is 45.5 Å². The first-order valence-corrected chi connectivity index (χ1v) is 3.73. The molecule has 0 aromatic carbocycles. The minimum atomic E-state index is -4.49. The van der Waals surface area contributed by atoms with Crippen LogP contribution in [0.2, 0.25) is 5.15 Å². The third-order valence-electron chi connectivity index (χ3n) is 1.39. The Balaban J connectivity index is 3.19. The minimum Gasteiger partial charge on any atom is -0.411 e. The number of hydrogen-bond acceptors (Lipinski definition) is 3. The van der Waals surface area contributed by atoms with Crippen molar-refractivity contribution in [3.05, 3.63) is 28.5 Å². The summed E-state index contributed by atoms with van der Waals surface area (Å²) in [6.45, 7) is 0. The van der Waals surface area contributed by atoms with Gasteiger partial charge in [-0.1, -0.05) is 16.8 Å². The molecule has 0 fully saturated rings. The van der Waals surface area contributed by atoms with Crippen LogP contribution < -0.4 is 0 Å². The summed E-state index contributed by atoms with van der Waals surface area (Å²) in [5.74, 6) is 0. The van der Waals surface area contributed by atoms with Gasteiger partial charge >= 0.3 is 6.18 Å². The first kappa shape index (κ1) is 10.8. The molecule has 0 bridgehead atoms. The Morgan fingerprint density at radius 1 is 1.50 bits per heavy atom. The van der Waals surface area contributed by atoms with Crippen molar-refractivity contribution < 1.29 is 18.4 Å². The van der Waals surface area contributed by atoms with Gasteiger partial charge in [0, 0.05) is 11.8 Å². The highest BCUT2D eigenvalue weighted by molar-refractivity contribution is 6.31. The largest absolute Gasteiger partial charge is 0.417 e. The van der Waals surface area contributed by atoms with E-state index in [4.69, 9.17) is 16.8 Å². The summed E-state index contributed by atoms with van der Waals surface area (Å²) in [5.41, 5.74) is -1.04. The molecule has 1 rings (SSSR count). The van der Waals surface area contributed by atoms with Crippen LogP contribution in [0, 0.1) is 0 Å². The summed E-state index contributed by atoms with van der Waals surface area (Å²) in [6.07, 6.45) is -3.10. The highest BCUT2D eigenvalue weighted by Crippen LogP contribution is 2.30. The number of rotatable bonds is 1. The van der Waals surface area contributed by atoms with Crippen LogP contribution in [0.5, 0.6) is 0 Å². The zero-order valence-electron chi connectivity index (χ0n) is 6.59. The number of oxime groups is 1. The molecule has 3 nitrogen and oxygen atoms in total. The Morgan fingerprint density at radius 3 is 2.64 bits per heavy atom. The van der Waals surface area contributed by atoms with Gasteiger partial charge in [0.2, 0.25) is 0 Å². The second-order valence-corrected chi connectivity index (χ2v) is 2.70. The molecule has 7 heteroatoms. The van der Waals surface area contributed by atoms with Crippen molar-refractivity contribution in [3.8, 4) is 0 Å². The molecule has 0 aliphatic carbocycles. The van der Waals surface area contributed by atoms with E-state index in [1.54, 1.807) is 0 Å². The Hall–Kier alpha value is -1.30. The van der Waals surface area contributed by atoms with Gasteiger partial charge in [-0.05, 0) is 6.07 Å². The molecular weight excluding hydrogens is 221 g/mol. The maximum absolute atomic E-state index is 12.1. The molecule has 1 N–H and O–H groups in total. The van der Waals surface area contributed by atoms with Crippen LogP contribution in [-0.4, -0.2) is 16.4 Å². The van der Waals surface area contributed by atoms with Crippen molar-refractivity contribution in [1.29, 1.82) is 0 Å². The summed E-state index contributed by atoms with van der Waals surface area (Å²) < 4.78 is 36.4. The highest BCUT2D eigenvalue weighted by Gasteiger charge is 2.31. The van der Waals surface area contributed by atoms with Crippen molar-refractivity contribution in [2.75, 3.05) is 0 Å². The van der Waals surface area contributed by atoms with E-state index in [1.165, 1.54) is 0 Å². The zero-order valence-corrected chi connectivity index (χ0v) is 7.34. The van der Waals surface area contributed by atoms with E-state index >= 15 is 0 Å². The first-order chi connectivity index (χ1) is 6.45. The van der Waals surface area contributed by atoms with Gasteiger partial charge in [-0.25, -0.2) is 4.98 Å². The lowest BCUT2D eigenvalue weighted by atomic mass is 10.2. The van der Waals surface area contributed by atoms with Crippen LogP contribution in [0.25, 0.3) is 0 Å². The van der Waals surface area contributed by atoms with E-state index in [0.717, 1.165) is 12.3 Å². The van der Waals surface area contributed by atoms with Crippen molar-refractivity contribution in [1.82, 2.24) is 4.98 Å². The molecule has 0 amide bonds. The van der Waals surface area contributed by atoms with E-state index in [1.807, 2.05) is 0 Å². The van der Waals surface area contributed by atoms with Gasteiger partial charge in [0.1, 0.15) is 5.15 Å². The van der Waals surface area contributed by atoms with Gasteiger partial charge < -0.3 is 5.21 Å². The Morgan fingerprint density at radius 2 is 2.14 bits per heavy atom. The molecule has 1 aromatic heterocycles. The lowest BCUT2D eigenvalue weighted by molar-refractivity contribution is -0.137. The van der Waals surface area contributed by atoms with Gasteiger partial charge in [0.15, 0.2) is 0 Å². The molecule has 0 radical (unpaired) electrons. The van der Waals surface area contributed by atoms with Gasteiger partial charge in [-0.15, -0.1) is 0 Å². The third-order valence-corrected chi connectivity index (χ3v) is 1.71. The van der Waals surface area contributed by atoms with Crippen molar-refractivity contribution in [2.24, 2.45) is 5.16 Å². The average Bonchev–Trinajstić information content (AvgIpc) is 2.07. The number of alkyl halides is 3. The Bertz CT molecular complexity index is 364. The summed E-state index contributed by atoms with van der Waals surface area (Å²) in [6, 6.07) is 0.745. The van der Waals surface area contributed by atoms with E-state index in [-0.39, 0.29) is 10.7 Å². The summed E-state index contributed by atoms with van der Waals surface area (Å²) in [4.78, 5) is 3.31. The molecule has 14 heavy (non-hydrogen) atoms. The number of aromatic nitrogens is 1. The molecule has 76 valence electrons. The maximum Gasteiger partial charge on any atom is 0.417 e. The van der Waals surface area contributed by atoms with E-state index in [0.29, 0.717) is 6.20 Å². The molecule has 0 unspecified atom stereocenters. The molecule has 0 aliphatic rings. The van der Waals surface area contributed by atoms with Crippen LogP contribution in [-0.2, 0) is 6.18 Å². The van der Waals surface area contributed by atoms with Gasteiger partial charge in [0.25, 0.3) is 0 Å². The van der Waals surface area contributed by atoms with E-state index < -0.39 is 11.7 Å². The Labute approximate surface area is 81.8 Å². The molecular formula is C7H4ClF3N2O. The van der Waals surface area contributed by atoms with Crippen molar-refractivity contribution >= 4 is 17.8 Å². The number of nitrogens with zero attached hydrogens (tertiary/aromatic N) is 2. The Kier molecular flexibility index (Phi) is 2.95. The summed E-state index contributed by atoms with van der Waals surface area (Å²) >= 11 is 5.44. The molecule has 1 aromatic rings. The fraction of sp³-hybridized carbons (Fsp3) is 0.143. The highest BCUT2D eigenvalue weighted by atomic mass is 35.5. The second-order valence-electron chi connectivity index (χ2n) is 2.35. The average molecular weight is 225 g/mol. The second kappa shape index (κ2) is 3.83. The van der Waals surface area contributed by atoms with Crippen LogP contribution >= 0.6 is 11.6 Å². The van der Waals surface area contributed by atoms with Gasteiger partial charge in [0.05, 0.1) is 11.8 Å². The van der Waals surface area contributed by atoms with Crippen LogP contribution in [0.15, 0.2) is 17.4 Å². The lowest BCUT2D eigenvalue weighted by Gasteiger charge is -2.06. The van der Waals surface area contributed by atoms with E-state index in [2.05, 4.69) is 10.1 Å². The first-order valence-electron chi connectivity index (χ1n) is 3.35. The normalized spacial score (nSPS) is 12.3. The van der Waals surface area contributed by atoms with Crippen molar-refractivity contribution in [3.63, 3.8) is 0 Å². The van der Waals surface area contributed by atoms with Crippen LogP contribution in [0.4, 0.5) is 13.2 Å². The molecule has 0 atom stereocenters. The number of halogens is 4. The standard InChI is InChI=1S/C7H4ClF3N2O/c8-6-4(2-13-14)1-5(3-12-6)7(9,10)11/h1-3,14H. The predicted molar refractivity (Wildman–Crippen MR) is 43.6 cm³/mol. The fourth-order valence-corrected chi connectivity index (χ4v) is 0.925. The number of pyridine rings is 1. The third kappa shape index (κ3) is 2.35. The smallest absolute Gasteiger partial charge is 0.411 e. The summed E-state index contributed by atoms with van der Waals surface area (Å²) in [5, 5.41) is 10.6. The fourth-order valence-electron chi connectivity index (χ4n) is 0.773. The molecule has 0 aliphatic heterocycles. The quantitative estimate of drug-likeness (QED) is 0.345. The monoisotopic (exact) mass is 224 g/mol. The van der Waals surface area contributed by atoms with Crippen molar-refractivity contribution in [2.45, 2.75) is 6.18 Å². The summed E-state index contributed by atoms with van der Waals surface area (Å²) in [7, 11) is 0. The zero-order chi connectivity index (χ0) is 10.8. The molecule has 1 heterocycles. The predicted octanol–water partition coefficient (Wildman–Crippen LogP) is 2.56. The lowest BCUT2D eigenvalue weighted by Crippen LogP contribution is -2.06. The van der Waals surface area contributed by atoms with Crippen LogP contribution in [0.3, 0.4) is 0 Å². The molecule has 0 spiro atoms. The van der Waals surface area contributed by atoms with Gasteiger partial charge in [-0.3, -0.25) is 0 Å². The SMILES string of the molecule is ON=Cc1cc(C(F)(F)F)cnc1Cl.